The first-order valence-electron chi connectivity index (χ1n) is 9.30. The Hall–Kier alpha value is -4.40. The fraction of sp³-hybridized carbons (Fsp3) is 0.0909. The molecule has 31 heavy (non-hydrogen) atoms. The molecular weight excluding hydrogens is 400 g/mol. The number of aliphatic hydroxyl groups excluding tert-OH is 1. The quantitative estimate of drug-likeness (QED) is 0.223. The average molecular weight is 416 g/mol. The van der Waals surface area contributed by atoms with E-state index in [0.717, 1.165) is 0 Å². The minimum Gasteiger partial charge on any atom is -0.507 e. The topological polar surface area (TPSA) is 127 Å². The van der Waals surface area contributed by atoms with Crippen LogP contribution in [0.15, 0.2) is 78.8 Å². The van der Waals surface area contributed by atoms with Gasteiger partial charge in [0.2, 0.25) is 0 Å². The van der Waals surface area contributed by atoms with Crippen LogP contribution in [0.2, 0.25) is 0 Å². The van der Waals surface area contributed by atoms with Gasteiger partial charge in [-0.1, -0.05) is 12.1 Å². The molecule has 4 rings (SSSR count). The van der Waals surface area contributed by atoms with Crippen LogP contribution in [0.3, 0.4) is 0 Å². The number of nitrogens with zero attached hydrogens (tertiary/aromatic N) is 4. The Morgan fingerprint density at radius 3 is 2.45 bits per heavy atom. The van der Waals surface area contributed by atoms with Gasteiger partial charge in [-0.25, -0.2) is 0 Å². The average Bonchev–Trinajstić information content (AvgIpc) is 3.05. The minimum atomic E-state index is -0.920. The summed E-state index contributed by atoms with van der Waals surface area (Å²) in [4.78, 5) is 45.8. The molecule has 1 amide bonds. The second-order valence-corrected chi connectivity index (χ2v) is 6.85. The number of Topliss-reactive ketones (excluding diaryl/α,β-unsaturated/α-hetero) is 1. The Labute approximate surface area is 176 Å². The van der Waals surface area contributed by atoms with E-state index in [1.54, 1.807) is 42.7 Å². The third-order valence-electron chi connectivity index (χ3n) is 4.94. The zero-order valence-electron chi connectivity index (χ0n) is 16.1. The van der Waals surface area contributed by atoms with Gasteiger partial charge in [-0.15, -0.1) is 0 Å². The maximum atomic E-state index is 12.9. The number of likely N-dealkylation sites (tertiary alicyclic amines) is 1. The predicted molar refractivity (Wildman–Crippen MR) is 109 cm³/mol. The number of amides is 1. The summed E-state index contributed by atoms with van der Waals surface area (Å²) in [6.45, 7) is 0.0939. The van der Waals surface area contributed by atoms with Gasteiger partial charge in [-0.2, -0.15) is 0 Å². The highest BCUT2D eigenvalue weighted by molar-refractivity contribution is 6.46. The SMILES string of the molecule is O=C1C(=O)N(Cc2cccnc2)C(c2ccccn2)/C1=C(/O)c1ccc([N+](=O)[O-])cc1. The molecule has 3 aromatic rings. The van der Waals surface area contributed by atoms with Crippen LogP contribution < -0.4 is 0 Å². The Bertz CT molecular complexity index is 1180. The number of non-ortho nitro benzene ring substituents is 1. The highest BCUT2D eigenvalue weighted by Gasteiger charge is 2.46. The van der Waals surface area contributed by atoms with Gasteiger partial charge < -0.3 is 10.0 Å². The molecule has 1 saturated heterocycles. The fourth-order valence-electron chi connectivity index (χ4n) is 3.47. The smallest absolute Gasteiger partial charge is 0.296 e. The van der Waals surface area contributed by atoms with Crippen LogP contribution in [0, 0.1) is 10.1 Å². The molecule has 1 fully saturated rings. The lowest BCUT2D eigenvalue weighted by Gasteiger charge is -2.24. The lowest BCUT2D eigenvalue weighted by molar-refractivity contribution is -0.384. The number of rotatable bonds is 5. The second kappa shape index (κ2) is 8.15. The summed E-state index contributed by atoms with van der Waals surface area (Å²) in [5.74, 6) is -2.05. The van der Waals surface area contributed by atoms with Gasteiger partial charge in [0.05, 0.1) is 16.2 Å². The molecule has 9 heteroatoms. The number of hydrogen-bond acceptors (Lipinski definition) is 7. The van der Waals surface area contributed by atoms with Crippen LogP contribution >= 0.6 is 0 Å². The number of aromatic nitrogens is 2. The van der Waals surface area contributed by atoms with Crippen molar-refractivity contribution < 1.29 is 19.6 Å². The van der Waals surface area contributed by atoms with Crippen LogP contribution in [0.1, 0.15) is 22.9 Å². The van der Waals surface area contributed by atoms with Crippen molar-refractivity contribution in [1.29, 1.82) is 0 Å². The molecule has 0 aliphatic carbocycles. The Morgan fingerprint density at radius 1 is 1.06 bits per heavy atom. The first-order chi connectivity index (χ1) is 15.0. The number of carbonyl (C=O) groups is 2. The third-order valence-corrected chi connectivity index (χ3v) is 4.94. The molecule has 0 bridgehead atoms. The van der Waals surface area contributed by atoms with Crippen molar-refractivity contribution in [2.24, 2.45) is 0 Å². The van der Waals surface area contributed by atoms with Crippen LogP contribution in [-0.2, 0) is 16.1 Å². The van der Waals surface area contributed by atoms with Crippen molar-refractivity contribution in [3.8, 4) is 0 Å². The summed E-state index contributed by atoms with van der Waals surface area (Å²) in [5, 5.41) is 21.8. The lowest BCUT2D eigenvalue weighted by atomic mass is 9.98. The van der Waals surface area contributed by atoms with Crippen molar-refractivity contribution in [2.75, 3.05) is 0 Å². The van der Waals surface area contributed by atoms with E-state index in [1.807, 2.05) is 0 Å². The fourth-order valence-corrected chi connectivity index (χ4v) is 3.47. The second-order valence-electron chi connectivity index (χ2n) is 6.85. The predicted octanol–water partition coefficient (Wildman–Crippen LogP) is 3.01. The van der Waals surface area contributed by atoms with Gasteiger partial charge in [0.1, 0.15) is 11.8 Å². The molecular formula is C22H16N4O5. The van der Waals surface area contributed by atoms with E-state index in [2.05, 4.69) is 9.97 Å². The maximum Gasteiger partial charge on any atom is 0.296 e. The minimum absolute atomic E-state index is 0.0939. The first kappa shape index (κ1) is 19.9. The zero-order chi connectivity index (χ0) is 22.0. The molecule has 0 spiro atoms. The zero-order valence-corrected chi connectivity index (χ0v) is 16.1. The summed E-state index contributed by atoms with van der Waals surface area (Å²) in [6.07, 6.45) is 4.72. The first-order valence-corrected chi connectivity index (χ1v) is 9.30. The molecule has 1 atom stereocenters. The number of nitro benzene ring substituents is 1. The van der Waals surface area contributed by atoms with E-state index in [9.17, 15) is 24.8 Å². The highest BCUT2D eigenvalue weighted by atomic mass is 16.6. The van der Waals surface area contributed by atoms with Crippen LogP contribution in [0.5, 0.6) is 0 Å². The molecule has 1 aliphatic heterocycles. The molecule has 1 aliphatic rings. The van der Waals surface area contributed by atoms with Crippen LogP contribution in [-0.4, -0.2) is 36.6 Å². The van der Waals surface area contributed by atoms with Crippen molar-refractivity contribution in [3.05, 3.63) is 106 Å². The summed E-state index contributed by atoms with van der Waals surface area (Å²) >= 11 is 0. The Morgan fingerprint density at radius 2 is 1.84 bits per heavy atom. The highest BCUT2D eigenvalue weighted by Crippen LogP contribution is 2.39. The van der Waals surface area contributed by atoms with E-state index in [1.165, 1.54) is 35.4 Å². The molecule has 2 aromatic heterocycles. The third kappa shape index (κ3) is 3.76. The summed E-state index contributed by atoms with van der Waals surface area (Å²) in [5.41, 5.74) is 1.02. The molecule has 1 N–H and O–H groups in total. The van der Waals surface area contributed by atoms with Crippen molar-refractivity contribution in [3.63, 3.8) is 0 Å². The number of carbonyl (C=O) groups excluding carboxylic acids is 2. The number of hydrogen-bond donors (Lipinski definition) is 1. The lowest BCUT2D eigenvalue weighted by Crippen LogP contribution is -2.29. The maximum absolute atomic E-state index is 12.9. The standard InChI is InChI=1S/C22H16N4O5/c27-20(15-6-8-16(9-7-15)26(30)31)18-19(17-5-1-2-11-24-17)25(22(29)21(18)28)13-14-4-3-10-23-12-14/h1-12,19,27H,13H2/b20-18-. The van der Waals surface area contributed by atoms with Crippen LogP contribution in [0.25, 0.3) is 5.76 Å². The van der Waals surface area contributed by atoms with Crippen molar-refractivity contribution >= 4 is 23.1 Å². The number of aliphatic hydroxyl groups is 1. The number of benzene rings is 1. The molecule has 3 heterocycles. The number of nitro groups is 1. The van der Waals surface area contributed by atoms with E-state index in [0.29, 0.717) is 11.3 Å². The molecule has 9 nitrogen and oxygen atoms in total. The van der Waals surface area contributed by atoms with Gasteiger partial charge >= 0.3 is 0 Å². The molecule has 154 valence electrons. The molecule has 1 aromatic carbocycles. The summed E-state index contributed by atoms with van der Waals surface area (Å²) in [6, 6.07) is 12.8. The molecule has 1 unspecified atom stereocenters. The monoisotopic (exact) mass is 416 g/mol. The van der Waals surface area contributed by atoms with Gasteiger partial charge in [-0.05, 0) is 35.9 Å². The van der Waals surface area contributed by atoms with Gasteiger partial charge in [0, 0.05) is 42.8 Å². The van der Waals surface area contributed by atoms with E-state index >= 15 is 0 Å². The van der Waals surface area contributed by atoms with E-state index in [-0.39, 0.29) is 23.4 Å². The number of pyridine rings is 2. The summed E-state index contributed by atoms with van der Waals surface area (Å²) in [7, 11) is 0. The van der Waals surface area contributed by atoms with E-state index in [4.69, 9.17) is 0 Å². The molecule has 0 radical (unpaired) electrons. The Balaban J connectivity index is 1.83. The number of ketones is 1. The van der Waals surface area contributed by atoms with Crippen LogP contribution in [0.4, 0.5) is 5.69 Å². The van der Waals surface area contributed by atoms with Crippen molar-refractivity contribution in [2.45, 2.75) is 12.6 Å². The van der Waals surface area contributed by atoms with Crippen molar-refractivity contribution in [1.82, 2.24) is 14.9 Å². The molecule has 0 saturated carbocycles. The largest absolute Gasteiger partial charge is 0.507 e. The van der Waals surface area contributed by atoms with Gasteiger partial charge in [0.15, 0.2) is 0 Å². The van der Waals surface area contributed by atoms with E-state index < -0.39 is 28.4 Å². The van der Waals surface area contributed by atoms with Gasteiger partial charge in [0.25, 0.3) is 17.4 Å². The normalized spacial score (nSPS) is 17.7. The Kier molecular flexibility index (Phi) is 5.23. The van der Waals surface area contributed by atoms with Gasteiger partial charge in [-0.3, -0.25) is 29.7 Å². The summed E-state index contributed by atoms with van der Waals surface area (Å²) < 4.78 is 0.